The zero-order valence-corrected chi connectivity index (χ0v) is 12.7. The number of benzene rings is 1. The molecule has 2 N–H and O–H groups in total. The molecule has 0 aliphatic carbocycles. The van der Waals surface area contributed by atoms with Gasteiger partial charge in [0.25, 0.3) is 0 Å². The maximum absolute atomic E-state index is 12.5. The second-order valence-corrected chi connectivity index (χ2v) is 7.35. The number of rotatable bonds is 2. The molecule has 0 saturated carbocycles. The molecule has 1 fully saturated rings. The van der Waals surface area contributed by atoms with E-state index in [0.717, 1.165) is 18.4 Å². The highest BCUT2D eigenvalue weighted by atomic mass is 79.9. The molecule has 1 aliphatic heterocycles. The lowest BCUT2D eigenvalue weighted by Gasteiger charge is -2.30. The fourth-order valence-electron chi connectivity index (χ4n) is 2.15. The maximum Gasteiger partial charge on any atom is 0.244 e. The van der Waals surface area contributed by atoms with Crippen LogP contribution in [0.5, 0.6) is 0 Å². The molecule has 0 amide bonds. The van der Waals surface area contributed by atoms with Crippen LogP contribution in [-0.4, -0.2) is 31.9 Å². The number of hydrogen-bond donors (Lipinski definition) is 1. The molecule has 0 spiro atoms. The van der Waals surface area contributed by atoms with Gasteiger partial charge in [0, 0.05) is 23.6 Å². The normalized spacial score (nSPS) is 22.1. The van der Waals surface area contributed by atoms with E-state index < -0.39 is 10.0 Å². The van der Waals surface area contributed by atoms with Crippen molar-refractivity contribution >= 4 is 26.0 Å². The summed E-state index contributed by atoms with van der Waals surface area (Å²) >= 11 is 3.36. The number of aryl methyl sites for hydroxylation is 1. The molecular formula is C12H17BrN2O2S. The van der Waals surface area contributed by atoms with Crippen LogP contribution in [0, 0.1) is 6.92 Å². The van der Waals surface area contributed by atoms with Gasteiger partial charge < -0.3 is 5.73 Å². The van der Waals surface area contributed by atoms with Gasteiger partial charge in [-0.1, -0.05) is 12.1 Å². The summed E-state index contributed by atoms with van der Waals surface area (Å²) < 4.78 is 27.2. The second kappa shape index (κ2) is 5.28. The lowest BCUT2D eigenvalue weighted by Crippen LogP contribution is -2.45. The summed E-state index contributed by atoms with van der Waals surface area (Å²) in [5, 5.41) is 0. The Morgan fingerprint density at radius 3 is 2.83 bits per heavy atom. The van der Waals surface area contributed by atoms with Gasteiger partial charge in [0.05, 0.1) is 4.90 Å². The minimum Gasteiger partial charge on any atom is -0.327 e. The molecule has 1 aromatic carbocycles. The minimum atomic E-state index is -3.44. The van der Waals surface area contributed by atoms with Gasteiger partial charge >= 0.3 is 0 Å². The van der Waals surface area contributed by atoms with E-state index in [4.69, 9.17) is 5.73 Å². The fourth-order valence-corrected chi connectivity index (χ4v) is 4.70. The van der Waals surface area contributed by atoms with Crippen molar-refractivity contribution in [2.45, 2.75) is 30.7 Å². The largest absolute Gasteiger partial charge is 0.327 e. The molecule has 1 saturated heterocycles. The average molecular weight is 333 g/mol. The number of nitrogens with zero attached hydrogens (tertiary/aromatic N) is 1. The molecule has 6 heteroatoms. The fraction of sp³-hybridized carbons (Fsp3) is 0.500. The number of nitrogens with two attached hydrogens (primary N) is 1. The molecule has 0 aromatic heterocycles. The predicted molar refractivity (Wildman–Crippen MR) is 74.8 cm³/mol. The van der Waals surface area contributed by atoms with Crippen molar-refractivity contribution in [1.29, 1.82) is 0 Å². The van der Waals surface area contributed by atoms with E-state index in [1.54, 1.807) is 12.1 Å². The topological polar surface area (TPSA) is 63.4 Å². The van der Waals surface area contributed by atoms with Crippen molar-refractivity contribution in [3.63, 3.8) is 0 Å². The van der Waals surface area contributed by atoms with Crippen LogP contribution in [0.15, 0.2) is 27.6 Å². The zero-order valence-electron chi connectivity index (χ0n) is 10.3. The molecule has 2 rings (SSSR count). The van der Waals surface area contributed by atoms with Crippen molar-refractivity contribution < 1.29 is 8.42 Å². The molecule has 0 radical (unpaired) electrons. The van der Waals surface area contributed by atoms with Crippen LogP contribution in [0.25, 0.3) is 0 Å². The van der Waals surface area contributed by atoms with Crippen LogP contribution in [-0.2, 0) is 10.0 Å². The summed E-state index contributed by atoms with van der Waals surface area (Å²) in [4.78, 5) is 0.330. The van der Waals surface area contributed by atoms with E-state index in [9.17, 15) is 8.42 Å². The molecule has 0 bridgehead atoms. The third kappa shape index (κ3) is 2.61. The minimum absolute atomic E-state index is 0.0582. The van der Waals surface area contributed by atoms with Gasteiger partial charge in [-0.05, 0) is 47.3 Å². The highest BCUT2D eigenvalue weighted by Gasteiger charge is 2.30. The van der Waals surface area contributed by atoms with Crippen LogP contribution < -0.4 is 5.73 Å². The molecule has 18 heavy (non-hydrogen) atoms. The molecule has 1 atom stereocenters. The molecular weight excluding hydrogens is 316 g/mol. The highest BCUT2D eigenvalue weighted by molar-refractivity contribution is 9.10. The Kier molecular flexibility index (Phi) is 4.11. The molecule has 1 aliphatic rings. The Bertz CT molecular complexity index is 545. The summed E-state index contributed by atoms with van der Waals surface area (Å²) in [6, 6.07) is 5.21. The Morgan fingerprint density at radius 1 is 1.44 bits per heavy atom. The highest BCUT2D eigenvalue weighted by Crippen LogP contribution is 2.29. The molecule has 100 valence electrons. The van der Waals surface area contributed by atoms with Gasteiger partial charge in [-0.3, -0.25) is 0 Å². The Hall–Kier alpha value is -0.430. The maximum atomic E-state index is 12.5. The van der Waals surface area contributed by atoms with Gasteiger partial charge in [-0.25, -0.2) is 8.42 Å². The molecule has 1 heterocycles. The Labute approximate surface area is 116 Å². The van der Waals surface area contributed by atoms with Crippen molar-refractivity contribution in [2.24, 2.45) is 5.73 Å². The summed E-state index contributed by atoms with van der Waals surface area (Å²) in [5.41, 5.74) is 6.76. The van der Waals surface area contributed by atoms with Gasteiger partial charge in [-0.15, -0.1) is 0 Å². The van der Waals surface area contributed by atoms with E-state index in [1.807, 2.05) is 13.0 Å². The van der Waals surface area contributed by atoms with Crippen molar-refractivity contribution in [1.82, 2.24) is 4.31 Å². The van der Waals surface area contributed by atoms with Gasteiger partial charge in [-0.2, -0.15) is 4.31 Å². The van der Waals surface area contributed by atoms with Crippen LogP contribution in [0.2, 0.25) is 0 Å². The molecule has 1 aromatic rings. The van der Waals surface area contributed by atoms with Gasteiger partial charge in [0.1, 0.15) is 0 Å². The van der Waals surface area contributed by atoms with Crippen molar-refractivity contribution in [2.75, 3.05) is 13.1 Å². The summed E-state index contributed by atoms with van der Waals surface area (Å²) in [6.45, 7) is 2.84. The SMILES string of the molecule is Cc1cccc(S(=O)(=O)N2CCCC(N)C2)c1Br. The smallest absolute Gasteiger partial charge is 0.244 e. The number of hydrogen-bond acceptors (Lipinski definition) is 3. The first-order valence-corrected chi connectivity index (χ1v) is 8.17. The quantitative estimate of drug-likeness (QED) is 0.899. The summed E-state index contributed by atoms with van der Waals surface area (Å²) in [5.74, 6) is 0. The number of piperidine rings is 1. The monoisotopic (exact) mass is 332 g/mol. The van der Waals surface area contributed by atoms with Crippen molar-refractivity contribution in [3.8, 4) is 0 Å². The lowest BCUT2D eigenvalue weighted by molar-refractivity contribution is 0.316. The second-order valence-electron chi connectivity index (χ2n) is 4.65. The van der Waals surface area contributed by atoms with E-state index in [2.05, 4.69) is 15.9 Å². The standard InChI is InChI=1S/C12H17BrN2O2S/c1-9-4-2-6-11(12(9)13)18(16,17)15-7-3-5-10(14)8-15/h2,4,6,10H,3,5,7-8,14H2,1H3. The first-order valence-electron chi connectivity index (χ1n) is 5.94. The predicted octanol–water partition coefficient (Wildman–Crippen LogP) is 1.87. The first kappa shape index (κ1) is 14.0. The van der Waals surface area contributed by atoms with E-state index >= 15 is 0 Å². The third-order valence-corrected chi connectivity index (χ3v) is 6.42. The Balaban J connectivity index is 2.39. The summed E-state index contributed by atoms with van der Waals surface area (Å²) in [7, 11) is -3.44. The molecule has 4 nitrogen and oxygen atoms in total. The van der Waals surface area contributed by atoms with Gasteiger partial charge in [0.2, 0.25) is 10.0 Å². The Morgan fingerprint density at radius 2 is 2.17 bits per heavy atom. The van der Waals surface area contributed by atoms with Crippen LogP contribution in [0.4, 0.5) is 0 Å². The lowest BCUT2D eigenvalue weighted by atomic mass is 10.1. The van der Waals surface area contributed by atoms with Crippen LogP contribution in [0.3, 0.4) is 0 Å². The van der Waals surface area contributed by atoms with Crippen LogP contribution in [0.1, 0.15) is 18.4 Å². The van der Waals surface area contributed by atoms with Crippen LogP contribution >= 0.6 is 15.9 Å². The van der Waals surface area contributed by atoms with Crippen molar-refractivity contribution in [3.05, 3.63) is 28.2 Å². The zero-order chi connectivity index (χ0) is 13.3. The number of halogens is 1. The van der Waals surface area contributed by atoms with E-state index in [-0.39, 0.29) is 6.04 Å². The van der Waals surface area contributed by atoms with Gasteiger partial charge in [0.15, 0.2) is 0 Å². The third-order valence-electron chi connectivity index (χ3n) is 3.19. The summed E-state index contributed by atoms with van der Waals surface area (Å²) in [6.07, 6.45) is 1.71. The average Bonchev–Trinajstić information content (AvgIpc) is 2.32. The van der Waals surface area contributed by atoms with E-state index in [1.165, 1.54) is 4.31 Å². The number of sulfonamides is 1. The van der Waals surface area contributed by atoms with E-state index in [0.29, 0.717) is 22.5 Å². The molecule has 1 unspecified atom stereocenters. The first-order chi connectivity index (χ1) is 8.43.